The Labute approximate surface area is 399 Å². The molecule has 64 heavy (non-hydrogen) atoms. The maximum Gasteiger partial charge on any atom is 0.306 e. The highest BCUT2D eigenvalue weighted by atomic mass is 16.5. The molecule has 0 aromatic carbocycles. The van der Waals surface area contributed by atoms with Crippen LogP contribution in [0.5, 0.6) is 0 Å². The number of ether oxygens (including phenoxy) is 1. The average Bonchev–Trinajstić information content (AvgIpc) is 3.29. The van der Waals surface area contributed by atoms with Crippen LogP contribution in [-0.2, 0) is 14.3 Å². The van der Waals surface area contributed by atoms with E-state index in [1.807, 2.05) is 0 Å². The molecule has 0 aromatic heterocycles. The minimum absolute atomic E-state index is 0.0730. The number of carbonyl (C=O) groups is 2. The van der Waals surface area contributed by atoms with Crippen molar-refractivity contribution in [2.45, 2.75) is 328 Å². The monoisotopic (exact) mass is 902 g/mol. The first-order valence-electron chi connectivity index (χ1n) is 28.6. The van der Waals surface area contributed by atoms with Gasteiger partial charge in [0, 0.05) is 6.42 Å². The fourth-order valence-electron chi connectivity index (χ4n) is 8.89. The number of hydrogen-bond acceptors (Lipinski definition) is 5. The van der Waals surface area contributed by atoms with Crippen LogP contribution in [0.3, 0.4) is 0 Å². The summed E-state index contributed by atoms with van der Waals surface area (Å²) in [6.07, 6.45) is 61.0. The molecule has 0 heterocycles. The lowest BCUT2D eigenvalue weighted by Gasteiger charge is -2.24. The number of hydrogen-bond donors (Lipinski definition) is 3. The van der Waals surface area contributed by atoms with E-state index in [9.17, 15) is 19.8 Å². The number of amides is 1. The summed E-state index contributed by atoms with van der Waals surface area (Å²) in [5.41, 5.74) is 0. The van der Waals surface area contributed by atoms with Gasteiger partial charge in [-0.15, -0.1) is 0 Å². The normalized spacial score (nSPS) is 13.3. The lowest BCUT2D eigenvalue weighted by molar-refractivity contribution is -0.151. The second-order valence-electron chi connectivity index (χ2n) is 19.7. The van der Waals surface area contributed by atoms with Crippen molar-refractivity contribution in [1.82, 2.24) is 5.32 Å². The molecule has 0 rings (SSSR count). The molecule has 0 fully saturated rings. The number of nitrogens with one attached hydrogen (secondary N) is 1. The van der Waals surface area contributed by atoms with Crippen LogP contribution in [0, 0.1) is 0 Å². The zero-order valence-corrected chi connectivity index (χ0v) is 43.2. The minimum atomic E-state index is -0.788. The fourth-order valence-corrected chi connectivity index (χ4v) is 8.89. The third-order valence-corrected chi connectivity index (χ3v) is 13.3. The van der Waals surface area contributed by atoms with Crippen LogP contribution >= 0.6 is 0 Å². The van der Waals surface area contributed by atoms with E-state index in [0.29, 0.717) is 19.3 Å². The molecular weight excluding hydrogens is 791 g/mol. The van der Waals surface area contributed by atoms with Crippen molar-refractivity contribution >= 4 is 11.9 Å². The molecule has 0 aliphatic carbocycles. The quantitative estimate of drug-likeness (QED) is 0.0321. The van der Waals surface area contributed by atoms with Crippen LogP contribution in [0.2, 0.25) is 0 Å². The Morgan fingerprint density at radius 3 is 1.11 bits per heavy atom. The Morgan fingerprint density at radius 1 is 0.438 bits per heavy atom. The lowest BCUT2D eigenvalue weighted by atomic mass is 10.0. The third kappa shape index (κ3) is 46.9. The Hall–Kier alpha value is -1.66. The van der Waals surface area contributed by atoms with Gasteiger partial charge in [-0.2, -0.15) is 0 Å². The molecule has 6 heteroatoms. The van der Waals surface area contributed by atoms with Crippen molar-refractivity contribution in [3.05, 3.63) is 24.3 Å². The molecule has 378 valence electrons. The van der Waals surface area contributed by atoms with Crippen LogP contribution in [0.15, 0.2) is 24.3 Å². The van der Waals surface area contributed by atoms with Crippen molar-refractivity contribution < 1.29 is 24.5 Å². The van der Waals surface area contributed by atoms with E-state index in [4.69, 9.17) is 4.74 Å². The maximum absolute atomic E-state index is 13.2. The van der Waals surface area contributed by atoms with Crippen molar-refractivity contribution in [3.8, 4) is 0 Å². The van der Waals surface area contributed by atoms with E-state index in [1.165, 1.54) is 199 Å². The lowest BCUT2D eigenvalue weighted by Crippen LogP contribution is -2.46. The first-order valence-corrected chi connectivity index (χ1v) is 28.6. The standard InChI is InChI=1S/C58H111NO5/c1-4-7-10-13-16-19-22-25-27-28-29-31-33-36-39-42-45-48-51-58(63)64-54(49-46-43-40-37-34-32-30-26-23-20-17-14-11-8-5-2)52-57(62)59-55(53-60)56(61)50-47-44-41-38-35-24-21-18-15-12-9-6-3/h26,29-31,54-56,60-61H,4-25,27-28,32-53H2,1-3H3,(H,59,62)/b30-26+,31-29+. The van der Waals surface area contributed by atoms with Gasteiger partial charge in [-0.1, -0.05) is 244 Å². The van der Waals surface area contributed by atoms with Gasteiger partial charge in [0.05, 0.1) is 25.2 Å². The molecule has 0 spiro atoms. The summed E-state index contributed by atoms with van der Waals surface area (Å²) in [5.74, 6) is -0.476. The van der Waals surface area contributed by atoms with Gasteiger partial charge in [-0.05, 0) is 77.0 Å². The van der Waals surface area contributed by atoms with E-state index in [1.54, 1.807) is 0 Å². The Bertz CT molecular complexity index is 1010. The molecule has 3 unspecified atom stereocenters. The van der Waals surface area contributed by atoms with E-state index in [-0.39, 0.29) is 24.9 Å². The number of esters is 1. The number of unbranched alkanes of at least 4 members (excludes halogenated alkanes) is 36. The number of rotatable bonds is 52. The van der Waals surface area contributed by atoms with Gasteiger partial charge in [0.25, 0.3) is 0 Å². The number of carbonyl (C=O) groups excluding carboxylic acids is 2. The Kier molecular flexibility index (Phi) is 51.0. The fraction of sp³-hybridized carbons (Fsp3) is 0.897. The van der Waals surface area contributed by atoms with Gasteiger partial charge >= 0.3 is 5.97 Å². The molecule has 0 aromatic rings. The zero-order chi connectivity index (χ0) is 46.7. The molecule has 0 saturated heterocycles. The predicted molar refractivity (Wildman–Crippen MR) is 278 cm³/mol. The van der Waals surface area contributed by atoms with Crippen molar-refractivity contribution in [2.24, 2.45) is 0 Å². The highest BCUT2D eigenvalue weighted by molar-refractivity contribution is 5.77. The Balaban J connectivity index is 4.54. The molecule has 0 radical (unpaired) electrons. The van der Waals surface area contributed by atoms with Gasteiger partial charge in [0.1, 0.15) is 6.10 Å². The topological polar surface area (TPSA) is 95.9 Å². The molecule has 0 aliphatic heterocycles. The van der Waals surface area contributed by atoms with Gasteiger partial charge in [-0.25, -0.2) is 0 Å². The van der Waals surface area contributed by atoms with Crippen molar-refractivity contribution in [2.75, 3.05) is 6.61 Å². The van der Waals surface area contributed by atoms with Crippen molar-refractivity contribution in [1.29, 1.82) is 0 Å². The van der Waals surface area contributed by atoms with E-state index in [0.717, 1.165) is 64.2 Å². The molecule has 0 aliphatic rings. The molecular formula is C58H111NO5. The first kappa shape index (κ1) is 62.3. The summed E-state index contributed by atoms with van der Waals surface area (Å²) < 4.78 is 5.95. The summed E-state index contributed by atoms with van der Waals surface area (Å²) in [6.45, 7) is 6.50. The average molecular weight is 903 g/mol. The zero-order valence-electron chi connectivity index (χ0n) is 43.2. The molecule has 3 N–H and O–H groups in total. The number of aliphatic hydroxyl groups is 2. The summed E-state index contributed by atoms with van der Waals surface area (Å²) in [6, 6.07) is -0.702. The molecule has 0 saturated carbocycles. The molecule has 1 amide bonds. The SMILES string of the molecule is CCCCCCCC/C=C/CCCCCCCC(CC(=O)NC(CO)C(O)CCCCCCCCCCCCCC)OC(=O)CCCCCCC/C=C/CCCCCCCCCCC. The molecule has 6 nitrogen and oxygen atoms in total. The summed E-state index contributed by atoms with van der Waals surface area (Å²) in [4.78, 5) is 26.2. The molecule has 0 bridgehead atoms. The van der Waals surface area contributed by atoms with Gasteiger partial charge in [-0.3, -0.25) is 9.59 Å². The second-order valence-corrected chi connectivity index (χ2v) is 19.7. The summed E-state index contributed by atoms with van der Waals surface area (Å²) in [7, 11) is 0. The smallest absolute Gasteiger partial charge is 0.306 e. The van der Waals surface area contributed by atoms with Crippen LogP contribution < -0.4 is 5.32 Å². The summed E-state index contributed by atoms with van der Waals surface area (Å²) in [5, 5.41) is 23.8. The first-order chi connectivity index (χ1) is 31.5. The second kappa shape index (κ2) is 52.3. The Morgan fingerprint density at radius 2 is 0.750 bits per heavy atom. The van der Waals surface area contributed by atoms with E-state index >= 15 is 0 Å². The van der Waals surface area contributed by atoms with Crippen LogP contribution in [0.4, 0.5) is 0 Å². The van der Waals surface area contributed by atoms with E-state index in [2.05, 4.69) is 50.4 Å². The van der Waals surface area contributed by atoms with E-state index < -0.39 is 18.2 Å². The van der Waals surface area contributed by atoms with Gasteiger partial charge < -0.3 is 20.3 Å². The van der Waals surface area contributed by atoms with Crippen molar-refractivity contribution in [3.63, 3.8) is 0 Å². The van der Waals surface area contributed by atoms with Crippen LogP contribution in [-0.4, -0.2) is 46.9 Å². The van der Waals surface area contributed by atoms with Crippen LogP contribution in [0.25, 0.3) is 0 Å². The third-order valence-electron chi connectivity index (χ3n) is 13.3. The predicted octanol–water partition coefficient (Wildman–Crippen LogP) is 17.5. The molecule has 3 atom stereocenters. The number of allylic oxidation sites excluding steroid dienone is 4. The van der Waals surface area contributed by atoms with Crippen LogP contribution in [0.1, 0.15) is 310 Å². The summed E-state index contributed by atoms with van der Waals surface area (Å²) >= 11 is 0. The highest BCUT2D eigenvalue weighted by Crippen LogP contribution is 2.18. The van der Waals surface area contributed by atoms with Gasteiger partial charge in [0.15, 0.2) is 0 Å². The largest absolute Gasteiger partial charge is 0.462 e. The maximum atomic E-state index is 13.2. The minimum Gasteiger partial charge on any atom is -0.462 e. The van der Waals surface area contributed by atoms with Gasteiger partial charge in [0.2, 0.25) is 5.91 Å². The highest BCUT2D eigenvalue weighted by Gasteiger charge is 2.24. The number of aliphatic hydroxyl groups excluding tert-OH is 2.